The molecule has 4 aliphatic rings. The summed E-state index contributed by atoms with van der Waals surface area (Å²) < 4.78 is 1.42. The Hall–Kier alpha value is -3.22. The van der Waals surface area contributed by atoms with Gasteiger partial charge in [0, 0.05) is 0 Å². The Morgan fingerprint density at radius 3 is 1.77 bits per heavy atom. The topological polar surface area (TPSA) is 0 Å². The molecular formula is C53H61Cl2Zr-3. The maximum Gasteiger partial charge on any atom is -0.147 e. The summed E-state index contributed by atoms with van der Waals surface area (Å²) in [6.45, 7) is 22.4. The van der Waals surface area contributed by atoms with E-state index >= 15 is 0 Å². The third kappa shape index (κ3) is 8.21. The van der Waals surface area contributed by atoms with Crippen molar-refractivity contribution in [3.63, 3.8) is 0 Å². The second-order valence-corrected chi connectivity index (χ2v) is 18.5. The Bertz CT molecular complexity index is 2040. The van der Waals surface area contributed by atoms with Crippen molar-refractivity contribution in [1.29, 1.82) is 0 Å². The summed E-state index contributed by atoms with van der Waals surface area (Å²) >= 11 is 1.46. The molecule has 4 aliphatic carbocycles. The predicted octanol–water partition coefficient (Wildman–Crippen LogP) is 14.7. The van der Waals surface area contributed by atoms with Crippen LogP contribution in [0.3, 0.4) is 0 Å². The molecule has 1 fully saturated rings. The number of aryl methyl sites for hydroxylation is 1. The maximum absolute atomic E-state index is 2.62. The second kappa shape index (κ2) is 18.6. The van der Waals surface area contributed by atoms with Gasteiger partial charge < -0.3 is 0 Å². The van der Waals surface area contributed by atoms with E-state index in [1.54, 1.807) is 28.2 Å². The largest absolute Gasteiger partial charge is 0.214 e. The van der Waals surface area contributed by atoms with E-state index in [1.807, 2.05) is 60.7 Å². The van der Waals surface area contributed by atoms with Crippen molar-refractivity contribution >= 4 is 33.6 Å². The summed E-state index contributed by atoms with van der Waals surface area (Å²) in [6.07, 6.45) is 8.50. The van der Waals surface area contributed by atoms with E-state index in [9.17, 15) is 0 Å². The van der Waals surface area contributed by atoms with Crippen LogP contribution in [-0.4, -0.2) is 3.21 Å². The zero-order valence-electron chi connectivity index (χ0n) is 34.9. The monoisotopic (exact) mass is 857 g/mol. The minimum atomic E-state index is 0. The van der Waals surface area contributed by atoms with Gasteiger partial charge in [0.25, 0.3) is 0 Å². The average molecular weight is 860 g/mol. The Morgan fingerprint density at radius 2 is 1.21 bits per heavy atom. The Balaban J connectivity index is 0.000000213. The first-order valence-electron chi connectivity index (χ1n) is 19.9. The molecule has 294 valence electrons. The van der Waals surface area contributed by atoms with Gasteiger partial charge in [0.2, 0.25) is 0 Å². The standard InChI is InChI=1S/C29H37.C14H12.2C5H5.2ClH.Zr/c1-18-25-22-17-19-13-9-10-14-20(19)24(22)21-15-11-12-16-23(21)29(25,8)28(6,7)27(4,5)26(18,2)3;1-12-7-9-14(10-8-12)11-13-5-3-2-4-6-13;2*1-2-4-5-3-1;;;/h9-11,13-15,23H,12,16-17H2,1-8H3;2-10H,1H3;2*1-5H;2*1H;/q-1;;2*-1;;;. The van der Waals surface area contributed by atoms with Gasteiger partial charge in [-0.05, 0) is 40.6 Å². The zero-order valence-corrected chi connectivity index (χ0v) is 39.0. The quantitative estimate of drug-likeness (QED) is 0.155. The minimum absolute atomic E-state index is 0. The van der Waals surface area contributed by atoms with Crippen molar-refractivity contribution in [2.24, 2.45) is 27.6 Å². The SMILES string of the molecule is C[C-]1C2=C3Cc4ccccc4C3=C3C=CCCC3C2(C)C(C)(C)C(C)(C)C1(C)C.Cc1ccc([C](=[Zr])c2ccccc2)cc1.Cl.Cl.c1cc[cH-]c1.c1cc[cH-]c1. The molecule has 0 nitrogen and oxygen atoms in total. The summed E-state index contributed by atoms with van der Waals surface area (Å²) in [5, 5.41) is 0. The fourth-order valence-electron chi connectivity index (χ4n) is 9.70. The Morgan fingerprint density at radius 1 is 0.679 bits per heavy atom. The first-order valence-corrected chi connectivity index (χ1v) is 21.1. The van der Waals surface area contributed by atoms with Crippen LogP contribution in [-0.2, 0) is 30.7 Å². The van der Waals surface area contributed by atoms with Crippen LogP contribution >= 0.6 is 24.8 Å². The molecule has 2 atom stereocenters. The van der Waals surface area contributed by atoms with Gasteiger partial charge in [0.05, 0.1) is 0 Å². The van der Waals surface area contributed by atoms with Gasteiger partial charge in [-0.2, -0.15) is 47.5 Å². The first kappa shape index (κ1) is 45.5. The Kier molecular flexibility index (Phi) is 15.1. The molecule has 0 spiro atoms. The van der Waals surface area contributed by atoms with E-state index in [0.717, 1.165) is 6.42 Å². The number of hydrogen-bond donors (Lipinski definition) is 0. The summed E-state index contributed by atoms with van der Waals surface area (Å²) in [5.74, 6) is 2.24. The first-order chi connectivity index (χ1) is 25.7. The molecule has 0 N–H and O–H groups in total. The van der Waals surface area contributed by atoms with Crippen LogP contribution in [0.25, 0.3) is 5.57 Å². The van der Waals surface area contributed by atoms with E-state index in [-0.39, 0.29) is 46.5 Å². The predicted molar refractivity (Wildman–Crippen MR) is 244 cm³/mol. The molecule has 0 bridgehead atoms. The number of rotatable bonds is 2. The molecule has 0 aromatic heterocycles. The molecule has 0 heterocycles. The number of fused-ring (bicyclic) bond motifs is 6. The summed E-state index contributed by atoms with van der Waals surface area (Å²) in [5.41, 5.74) is 14.3. The van der Waals surface area contributed by atoms with Gasteiger partial charge in [-0.3, -0.25) is 0 Å². The van der Waals surface area contributed by atoms with Crippen molar-refractivity contribution < 1.29 is 24.2 Å². The molecule has 56 heavy (non-hydrogen) atoms. The molecule has 1 saturated carbocycles. The molecule has 0 radical (unpaired) electrons. The number of allylic oxidation sites excluding steroid dienone is 6. The van der Waals surface area contributed by atoms with Crippen molar-refractivity contribution in [1.82, 2.24) is 0 Å². The number of benzene rings is 3. The van der Waals surface area contributed by atoms with Crippen LogP contribution in [0.15, 0.2) is 168 Å². The van der Waals surface area contributed by atoms with Crippen molar-refractivity contribution in [3.8, 4) is 0 Å². The number of halogens is 2. The van der Waals surface area contributed by atoms with Gasteiger partial charge in [0.15, 0.2) is 0 Å². The van der Waals surface area contributed by atoms with Crippen LogP contribution in [0.4, 0.5) is 0 Å². The normalized spacial score (nSPS) is 21.3. The molecule has 0 saturated heterocycles. The molecule has 0 aliphatic heterocycles. The second-order valence-electron chi connectivity index (χ2n) is 17.3. The molecule has 5 aromatic carbocycles. The molecule has 2 unspecified atom stereocenters. The van der Waals surface area contributed by atoms with E-state index < -0.39 is 0 Å². The van der Waals surface area contributed by atoms with E-state index in [0.29, 0.717) is 5.92 Å². The van der Waals surface area contributed by atoms with Gasteiger partial charge >= 0.3 is 106 Å². The zero-order chi connectivity index (χ0) is 38.7. The van der Waals surface area contributed by atoms with Gasteiger partial charge in [-0.1, -0.05) is 113 Å². The molecule has 3 heteroatoms. The minimum Gasteiger partial charge on any atom is -0.214 e. The van der Waals surface area contributed by atoms with Crippen LogP contribution in [0.1, 0.15) is 96.0 Å². The molecule has 0 amide bonds. The van der Waals surface area contributed by atoms with E-state index in [1.165, 1.54) is 68.1 Å². The molecular weight excluding hydrogens is 799 g/mol. The fourth-order valence-corrected chi connectivity index (χ4v) is 10.5. The summed E-state index contributed by atoms with van der Waals surface area (Å²) in [7, 11) is 0. The summed E-state index contributed by atoms with van der Waals surface area (Å²) in [6, 6.07) is 48.5. The van der Waals surface area contributed by atoms with Crippen molar-refractivity contribution in [2.75, 3.05) is 0 Å². The molecule has 9 rings (SSSR count). The summed E-state index contributed by atoms with van der Waals surface area (Å²) in [4.78, 5) is 0. The van der Waals surface area contributed by atoms with Crippen molar-refractivity contribution in [2.45, 2.75) is 81.6 Å². The van der Waals surface area contributed by atoms with Crippen LogP contribution in [0.2, 0.25) is 0 Å². The maximum atomic E-state index is 2.62. The van der Waals surface area contributed by atoms with Gasteiger partial charge in [0.1, 0.15) is 0 Å². The average Bonchev–Trinajstić information content (AvgIpc) is 4.00. The van der Waals surface area contributed by atoms with Crippen molar-refractivity contribution in [3.05, 3.63) is 202 Å². The number of hydrogen-bond acceptors (Lipinski definition) is 0. The van der Waals surface area contributed by atoms with E-state index in [2.05, 4.69) is 153 Å². The third-order valence-electron chi connectivity index (χ3n) is 14.3. The van der Waals surface area contributed by atoms with Crippen LogP contribution in [0, 0.1) is 40.4 Å². The van der Waals surface area contributed by atoms with Gasteiger partial charge in [-0.15, -0.1) is 31.7 Å². The Labute approximate surface area is 366 Å². The van der Waals surface area contributed by atoms with Crippen LogP contribution in [0.5, 0.6) is 0 Å². The van der Waals surface area contributed by atoms with Gasteiger partial charge in [-0.25, -0.2) is 30.2 Å². The smallest absolute Gasteiger partial charge is 0.147 e. The molecule has 5 aromatic rings. The fraction of sp³-hybridized carbons (Fsp3) is 0.321. The van der Waals surface area contributed by atoms with Crippen LogP contribution < -0.4 is 0 Å². The van der Waals surface area contributed by atoms with E-state index in [4.69, 9.17) is 0 Å². The third-order valence-corrected chi connectivity index (χ3v) is 15.7.